The number of carbonyl (C=O) groups excluding carboxylic acids is 1. The zero-order valence-electron chi connectivity index (χ0n) is 15.2. The lowest BCUT2D eigenvalue weighted by atomic mass is 10.2. The Hall–Kier alpha value is -2.89. The number of anilines is 1. The molecule has 0 heterocycles. The molecule has 1 aliphatic carbocycles. The zero-order chi connectivity index (χ0) is 18.5. The van der Waals surface area contributed by atoms with Crippen LogP contribution in [0.2, 0.25) is 0 Å². The van der Waals surface area contributed by atoms with Gasteiger partial charge < -0.3 is 24.3 Å². The van der Waals surface area contributed by atoms with E-state index in [4.69, 9.17) is 18.9 Å². The Morgan fingerprint density at radius 1 is 1.00 bits per heavy atom. The third kappa shape index (κ3) is 4.20. The number of amides is 1. The summed E-state index contributed by atoms with van der Waals surface area (Å²) in [5.41, 5.74) is 1.09. The SMILES string of the molecule is COc1cc(NC(=O)c2ccc(OCC3CC3)cc2)cc(OC)c1OC. The minimum atomic E-state index is -0.229. The number of carbonyl (C=O) groups is 1. The molecule has 6 nitrogen and oxygen atoms in total. The molecule has 26 heavy (non-hydrogen) atoms. The van der Waals surface area contributed by atoms with Gasteiger partial charge in [0.05, 0.1) is 27.9 Å². The molecule has 0 spiro atoms. The molecule has 1 aliphatic rings. The fourth-order valence-electron chi connectivity index (χ4n) is 2.56. The van der Waals surface area contributed by atoms with Crippen molar-refractivity contribution in [1.29, 1.82) is 0 Å². The zero-order valence-corrected chi connectivity index (χ0v) is 15.2. The maximum Gasteiger partial charge on any atom is 0.255 e. The van der Waals surface area contributed by atoms with Crippen LogP contribution in [0, 0.1) is 5.92 Å². The summed E-state index contributed by atoms with van der Waals surface area (Å²) in [5.74, 6) is 2.68. The number of benzene rings is 2. The largest absolute Gasteiger partial charge is 0.493 e. The summed E-state index contributed by atoms with van der Waals surface area (Å²) in [6, 6.07) is 10.5. The van der Waals surface area contributed by atoms with Gasteiger partial charge in [-0.15, -0.1) is 0 Å². The van der Waals surface area contributed by atoms with Gasteiger partial charge >= 0.3 is 0 Å². The Bertz CT molecular complexity index is 743. The summed E-state index contributed by atoms with van der Waals surface area (Å²) in [4.78, 5) is 12.5. The molecular formula is C20H23NO5. The van der Waals surface area contributed by atoms with Crippen molar-refractivity contribution in [2.75, 3.05) is 33.3 Å². The summed E-state index contributed by atoms with van der Waals surface area (Å²) in [7, 11) is 4.60. The number of nitrogens with one attached hydrogen (secondary N) is 1. The van der Waals surface area contributed by atoms with Crippen LogP contribution in [0.4, 0.5) is 5.69 Å². The number of hydrogen-bond donors (Lipinski definition) is 1. The van der Waals surface area contributed by atoms with Crippen LogP contribution in [0.3, 0.4) is 0 Å². The van der Waals surface area contributed by atoms with Gasteiger partial charge in [-0.25, -0.2) is 0 Å². The molecule has 0 saturated heterocycles. The molecule has 1 amide bonds. The molecular weight excluding hydrogens is 334 g/mol. The average molecular weight is 357 g/mol. The lowest BCUT2D eigenvalue weighted by Crippen LogP contribution is -2.12. The lowest BCUT2D eigenvalue weighted by Gasteiger charge is -2.14. The summed E-state index contributed by atoms with van der Waals surface area (Å²) in [5, 5.41) is 2.84. The van der Waals surface area contributed by atoms with E-state index in [2.05, 4.69) is 5.32 Å². The molecule has 0 atom stereocenters. The van der Waals surface area contributed by atoms with Gasteiger partial charge in [0.15, 0.2) is 11.5 Å². The molecule has 0 radical (unpaired) electrons. The van der Waals surface area contributed by atoms with Crippen molar-refractivity contribution in [3.8, 4) is 23.0 Å². The smallest absolute Gasteiger partial charge is 0.255 e. The second kappa shape index (κ2) is 7.99. The predicted molar refractivity (Wildman–Crippen MR) is 98.7 cm³/mol. The van der Waals surface area contributed by atoms with E-state index >= 15 is 0 Å². The van der Waals surface area contributed by atoms with Crippen molar-refractivity contribution in [3.63, 3.8) is 0 Å². The number of ether oxygens (including phenoxy) is 4. The van der Waals surface area contributed by atoms with Crippen molar-refractivity contribution in [3.05, 3.63) is 42.0 Å². The number of hydrogen-bond acceptors (Lipinski definition) is 5. The number of methoxy groups -OCH3 is 3. The lowest BCUT2D eigenvalue weighted by molar-refractivity contribution is 0.102. The molecule has 6 heteroatoms. The van der Waals surface area contributed by atoms with Crippen LogP contribution >= 0.6 is 0 Å². The number of rotatable bonds is 8. The van der Waals surface area contributed by atoms with E-state index in [-0.39, 0.29) is 5.91 Å². The summed E-state index contributed by atoms with van der Waals surface area (Å²) in [6.07, 6.45) is 2.49. The average Bonchev–Trinajstić information content (AvgIpc) is 3.50. The highest BCUT2D eigenvalue weighted by molar-refractivity contribution is 6.04. The second-order valence-corrected chi connectivity index (χ2v) is 6.15. The fourth-order valence-corrected chi connectivity index (χ4v) is 2.56. The first kappa shape index (κ1) is 17.9. The van der Waals surface area contributed by atoms with E-state index in [1.54, 1.807) is 24.3 Å². The third-order valence-electron chi connectivity index (χ3n) is 4.22. The molecule has 0 unspecified atom stereocenters. The van der Waals surface area contributed by atoms with Crippen LogP contribution in [0.15, 0.2) is 36.4 Å². The van der Waals surface area contributed by atoms with Gasteiger partial charge in [0.1, 0.15) is 5.75 Å². The van der Waals surface area contributed by atoms with Crippen LogP contribution in [-0.4, -0.2) is 33.8 Å². The molecule has 2 aromatic carbocycles. The van der Waals surface area contributed by atoms with Gasteiger partial charge in [-0.3, -0.25) is 4.79 Å². The first-order chi connectivity index (χ1) is 12.6. The fraction of sp³-hybridized carbons (Fsp3) is 0.350. The van der Waals surface area contributed by atoms with Crippen LogP contribution in [0.1, 0.15) is 23.2 Å². The van der Waals surface area contributed by atoms with Crippen LogP contribution < -0.4 is 24.3 Å². The molecule has 0 aliphatic heterocycles. The molecule has 2 aromatic rings. The van der Waals surface area contributed by atoms with E-state index in [9.17, 15) is 4.79 Å². The van der Waals surface area contributed by atoms with Gasteiger partial charge in [0, 0.05) is 23.4 Å². The minimum Gasteiger partial charge on any atom is -0.493 e. The highest BCUT2D eigenvalue weighted by Gasteiger charge is 2.22. The standard InChI is InChI=1S/C20H23NO5/c1-23-17-10-15(11-18(24-2)19(17)25-3)21-20(22)14-6-8-16(9-7-14)26-12-13-4-5-13/h6-11,13H,4-5,12H2,1-3H3,(H,21,22). The second-order valence-electron chi connectivity index (χ2n) is 6.15. The van der Waals surface area contributed by atoms with E-state index in [1.165, 1.54) is 34.2 Å². The molecule has 1 saturated carbocycles. The van der Waals surface area contributed by atoms with Gasteiger partial charge in [0.2, 0.25) is 5.75 Å². The summed E-state index contributed by atoms with van der Waals surface area (Å²) >= 11 is 0. The van der Waals surface area contributed by atoms with Crippen molar-refractivity contribution in [2.24, 2.45) is 5.92 Å². The Morgan fingerprint density at radius 3 is 2.12 bits per heavy atom. The van der Waals surface area contributed by atoms with E-state index < -0.39 is 0 Å². The van der Waals surface area contributed by atoms with Gasteiger partial charge in [-0.05, 0) is 43.0 Å². The summed E-state index contributed by atoms with van der Waals surface area (Å²) < 4.78 is 21.6. The van der Waals surface area contributed by atoms with Crippen molar-refractivity contribution >= 4 is 11.6 Å². The maximum absolute atomic E-state index is 12.5. The Labute approximate surface area is 153 Å². The molecule has 1 fully saturated rings. The van der Waals surface area contributed by atoms with E-state index in [0.717, 1.165) is 12.4 Å². The molecule has 1 N–H and O–H groups in total. The van der Waals surface area contributed by atoms with Gasteiger partial charge in [-0.2, -0.15) is 0 Å². The van der Waals surface area contributed by atoms with Crippen LogP contribution in [-0.2, 0) is 0 Å². The molecule has 3 rings (SSSR count). The predicted octanol–water partition coefficient (Wildman–Crippen LogP) is 3.75. The Balaban J connectivity index is 1.70. The third-order valence-corrected chi connectivity index (χ3v) is 4.22. The van der Waals surface area contributed by atoms with E-state index in [0.29, 0.717) is 34.4 Å². The minimum absolute atomic E-state index is 0.229. The topological polar surface area (TPSA) is 66.0 Å². The van der Waals surface area contributed by atoms with Crippen molar-refractivity contribution in [1.82, 2.24) is 0 Å². The van der Waals surface area contributed by atoms with Crippen LogP contribution in [0.5, 0.6) is 23.0 Å². The monoisotopic (exact) mass is 357 g/mol. The van der Waals surface area contributed by atoms with E-state index in [1.807, 2.05) is 12.1 Å². The first-order valence-corrected chi connectivity index (χ1v) is 8.48. The Morgan fingerprint density at radius 2 is 1.62 bits per heavy atom. The summed E-state index contributed by atoms with van der Waals surface area (Å²) in [6.45, 7) is 0.747. The maximum atomic E-state index is 12.5. The highest BCUT2D eigenvalue weighted by Crippen LogP contribution is 2.40. The molecule has 138 valence electrons. The van der Waals surface area contributed by atoms with Gasteiger partial charge in [0.25, 0.3) is 5.91 Å². The normalized spacial score (nSPS) is 13.0. The molecule has 0 aromatic heterocycles. The quantitative estimate of drug-likeness (QED) is 0.779. The highest BCUT2D eigenvalue weighted by atomic mass is 16.5. The van der Waals surface area contributed by atoms with Crippen LogP contribution in [0.25, 0.3) is 0 Å². The first-order valence-electron chi connectivity index (χ1n) is 8.48. The van der Waals surface area contributed by atoms with Crippen molar-refractivity contribution in [2.45, 2.75) is 12.8 Å². The van der Waals surface area contributed by atoms with Crippen molar-refractivity contribution < 1.29 is 23.7 Å². The molecule has 0 bridgehead atoms. The van der Waals surface area contributed by atoms with Gasteiger partial charge in [-0.1, -0.05) is 0 Å². The Kier molecular flexibility index (Phi) is 5.51.